The van der Waals surface area contributed by atoms with Crippen molar-refractivity contribution >= 4 is 28.3 Å². The van der Waals surface area contributed by atoms with Crippen molar-refractivity contribution in [2.24, 2.45) is 5.92 Å². The van der Waals surface area contributed by atoms with Crippen molar-refractivity contribution < 1.29 is 28.2 Å². The fourth-order valence-corrected chi connectivity index (χ4v) is 3.71. The van der Waals surface area contributed by atoms with E-state index >= 15 is 0 Å². The van der Waals surface area contributed by atoms with E-state index in [2.05, 4.69) is 27.0 Å². The van der Waals surface area contributed by atoms with Crippen LogP contribution in [0.3, 0.4) is 0 Å². The van der Waals surface area contributed by atoms with E-state index in [9.17, 15) is 14.0 Å². The van der Waals surface area contributed by atoms with E-state index in [1.807, 2.05) is 6.92 Å². The van der Waals surface area contributed by atoms with Crippen molar-refractivity contribution in [3.63, 3.8) is 0 Å². The number of rotatable bonds is 5. The van der Waals surface area contributed by atoms with Crippen molar-refractivity contribution in [1.82, 2.24) is 10.3 Å². The van der Waals surface area contributed by atoms with Gasteiger partial charge in [0.1, 0.15) is 18.0 Å². The number of methoxy groups -OCH3 is 1. The standard InChI is InChI=1S/C25H26FN3O5/c1-7-15-19(29-23(31)22(15)26)13-33-24-17-11-20(32-6)18(27-5)10-16(17)14(12-28-24)8-9-21(30)34-25(2,3)4/h10-12,15,19,22H,7,13H2,1-4,6H3,(H,29,31)/t15-,19+,22-/m0/s1. The maximum atomic E-state index is 14.1. The molecular formula is C25H26FN3O5. The third-order valence-corrected chi connectivity index (χ3v) is 5.31. The first-order chi connectivity index (χ1) is 16.1. The number of pyridine rings is 1. The van der Waals surface area contributed by atoms with Crippen LogP contribution in [0.4, 0.5) is 10.1 Å². The van der Waals surface area contributed by atoms with Gasteiger partial charge < -0.3 is 19.5 Å². The lowest BCUT2D eigenvalue weighted by Crippen LogP contribution is -2.34. The van der Waals surface area contributed by atoms with Gasteiger partial charge in [0.05, 0.1) is 25.3 Å². The highest BCUT2D eigenvalue weighted by Gasteiger charge is 2.41. The van der Waals surface area contributed by atoms with E-state index in [4.69, 9.17) is 20.8 Å². The van der Waals surface area contributed by atoms with Gasteiger partial charge in [-0.3, -0.25) is 4.79 Å². The zero-order valence-electron chi connectivity index (χ0n) is 19.7. The van der Waals surface area contributed by atoms with Crippen LogP contribution in [0.15, 0.2) is 18.3 Å². The largest absolute Gasteiger partial charge is 0.508 e. The second-order valence-electron chi connectivity index (χ2n) is 8.81. The minimum absolute atomic E-state index is 0.0165. The zero-order valence-corrected chi connectivity index (χ0v) is 19.7. The molecule has 0 unspecified atom stereocenters. The van der Waals surface area contributed by atoms with Crippen LogP contribution < -0.4 is 14.8 Å². The number of nitrogens with zero attached hydrogens (tertiary/aromatic N) is 2. The van der Waals surface area contributed by atoms with Gasteiger partial charge in [-0.25, -0.2) is 19.0 Å². The molecule has 8 nitrogen and oxygen atoms in total. The molecule has 3 rings (SSSR count). The number of carbonyl (C=O) groups is 2. The summed E-state index contributed by atoms with van der Waals surface area (Å²) in [6.07, 6.45) is 0.330. The average molecular weight is 467 g/mol. The summed E-state index contributed by atoms with van der Waals surface area (Å²) >= 11 is 0. The molecule has 1 amide bonds. The molecule has 0 radical (unpaired) electrons. The van der Waals surface area contributed by atoms with Gasteiger partial charge in [0, 0.05) is 23.4 Å². The van der Waals surface area contributed by atoms with Crippen LogP contribution in [-0.2, 0) is 14.3 Å². The maximum Gasteiger partial charge on any atom is 0.385 e. The number of carbonyl (C=O) groups excluding carboxylic acids is 2. The number of hydrogen-bond acceptors (Lipinski definition) is 6. The van der Waals surface area contributed by atoms with E-state index in [0.717, 1.165) is 0 Å². The normalized spacial score (nSPS) is 19.6. The average Bonchev–Trinajstić information content (AvgIpc) is 3.06. The van der Waals surface area contributed by atoms with Crippen LogP contribution in [0.5, 0.6) is 11.6 Å². The summed E-state index contributed by atoms with van der Waals surface area (Å²) in [5, 5.41) is 3.64. The second kappa shape index (κ2) is 9.96. The summed E-state index contributed by atoms with van der Waals surface area (Å²) in [6.45, 7) is 14.5. The van der Waals surface area contributed by atoms with Gasteiger partial charge in [-0.05, 0) is 44.7 Å². The van der Waals surface area contributed by atoms with E-state index in [0.29, 0.717) is 28.5 Å². The van der Waals surface area contributed by atoms with E-state index in [1.54, 1.807) is 32.9 Å². The van der Waals surface area contributed by atoms with Crippen molar-refractivity contribution in [1.29, 1.82) is 0 Å². The number of benzene rings is 1. The van der Waals surface area contributed by atoms with Crippen LogP contribution in [0, 0.1) is 24.3 Å². The van der Waals surface area contributed by atoms with Crippen molar-refractivity contribution in [3.05, 3.63) is 35.3 Å². The lowest BCUT2D eigenvalue weighted by atomic mass is 9.97. The van der Waals surface area contributed by atoms with E-state index < -0.39 is 35.6 Å². The monoisotopic (exact) mass is 467 g/mol. The summed E-state index contributed by atoms with van der Waals surface area (Å²) < 4.78 is 30.5. The number of ether oxygens (including phenoxy) is 3. The maximum absolute atomic E-state index is 14.1. The minimum Gasteiger partial charge on any atom is -0.508 e. The molecule has 9 heteroatoms. The van der Waals surface area contributed by atoms with Crippen molar-refractivity contribution in [3.8, 4) is 23.5 Å². The van der Waals surface area contributed by atoms with Crippen LogP contribution in [0.1, 0.15) is 39.7 Å². The molecule has 0 aliphatic carbocycles. The van der Waals surface area contributed by atoms with E-state index in [1.165, 1.54) is 13.3 Å². The van der Waals surface area contributed by atoms with E-state index in [-0.39, 0.29) is 18.2 Å². The quantitative estimate of drug-likeness (QED) is 0.409. The SMILES string of the molecule is [C-]#[N+]c1cc2c(C#CC(=O)OC(C)(C)C)cnc(OC[C@H]3NC(=O)[C@@H](F)[C@H]3CC)c2cc1OC. The molecular weight excluding hydrogens is 441 g/mol. The molecule has 2 heterocycles. The van der Waals surface area contributed by atoms with Gasteiger partial charge >= 0.3 is 5.97 Å². The molecule has 1 aromatic heterocycles. The molecule has 1 aliphatic rings. The molecule has 1 aromatic carbocycles. The highest BCUT2D eigenvalue weighted by molar-refractivity contribution is 5.97. The third-order valence-electron chi connectivity index (χ3n) is 5.31. The predicted molar refractivity (Wildman–Crippen MR) is 123 cm³/mol. The Morgan fingerprint density at radius 3 is 2.68 bits per heavy atom. The Kier molecular flexibility index (Phi) is 7.26. The molecule has 0 spiro atoms. The summed E-state index contributed by atoms with van der Waals surface area (Å²) in [7, 11) is 1.44. The summed E-state index contributed by atoms with van der Waals surface area (Å²) in [5.74, 6) is 3.89. The van der Waals surface area contributed by atoms with Gasteiger partial charge in [-0.2, -0.15) is 0 Å². The minimum atomic E-state index is -1.57. The van der Waals surface area contributed by atoms with Gasteiger partial charge in [-0.1, -0.05) is 12.8 Å². The smallest absolute Gasteiger partial charge is 0.385 e. The Bertz CT molecular complexity index is 1220. The Morgan fingerprint density at radius 2 is 2.06 bits per heavy atom. The number of amides is 1. The molecule has 2 aromatic rings. The number of aromatic nitrogens is 1. The number of esters is 1. The molecule has 0 saturated carbocycles. The van der Waals surface area contributed by atoms with Crippen LogP contribution in [0.2, 0.25) is 0 Å². The molecule has 34 heavy (non-hydrogen) atoms. The van der Waals surface area contributed by atoms with Gasteiger partial charge in [0.15, 0.2) is 6.17 Å². The molecule has 3 atom stereocenters. The van der Waals surface area contributed by atoms with Crippen molar-refractivity contribution in [2.75, 3.05) is 13.7 Å². The lowest BCUT2D eigenvalue weighted by Gasteiger charge is -2.19. The van der Waals surface area contributed by atoms with Crippen LogP contribution in [0.25, 0.3) is 15.6 Å². The third kappa shape index (κ3) is 5.37. The van der Waals surface area contributed by atoms with Crippen LogP contribution >= 0.6 is 0 Å². The first kappa shape index (κ1) is 24.8. The molecule has 1 aliphatic heterocycles. The molecule has 1 saturated heterocycles. The van der Waals surface area contributed by atoms with Crippen molar-refractivity contribution in [2.45, 2.75) is 51.9 Å². The molecule has 178 valence electrons. The van der Waals surface area contributed by atoms with Crippen LogP contribution in [-0.4, -0.2) is 48.4 Å². The first-order valence-electron chi connectivity index (χ1n) is 10.8. The summed E-state index contributed by atoms with van der Waals surface area (Å²) in [5.41, 5.74) is -0.0361. The highest BCUT2D eigenvalue weighted by atomic mass is 19.1. The van der Waals surface area contributed by atoms with Gasteiger partial charge in [0.2, 0.25) is 11.6 Å². The number of hydrogen-bond donors (Lipinski definition) is 1. The van der Waals surface area contributed by atoms with Gasteiger partial charge in [-0.15, -0.1) is 0 Å². The Hall–Kier alpha value is -3.85. The number of alkyl halides is 1. The molecule has 1 N–H and O–H groups in total. The van der Waals surface area contributed by atoms with Gasteiger partial charge in [0.25, 0.3) is 5.91 Å². The number of fused-ring (bicyclic) bond motifs is 1. The summed E-state index contributed by atoms with van der Waals surface area (Å²) in [6, 6.07) is 2.69. The molecule has 0 bridgehead atoms. The number of nitrogens with one attached hydrogen (secondary N) is 1. The highest BCUT2D eigenvalue weighted by Crippen LogP contribution is 2.37. The predicted octanol–water partition coefficient (Wildman–Crippen LogP) is 3.73. The molecule has 1 fully saturated rings. The first-order valence-corrected chi connectivity index (χ1v) is 10.8. The lowest BCUT2D eigenvalue weighted by molar-refractivity contribution is -0.147. The Morgan fingerprint density at radius 1 is 1.32 bits per heavy atom. The zero-order chi connectivity index (χ0) is 25.0. The topological polar surface area (TPSA) is 91.1 Å². The second-order valence-corrected chi connectivity index (χ2v) is 8.81. The Labute approximate surface area is 197 Å². The fraction of sp³-hybridized carbons (Fsp3) is 0.440. The fourth-order valence-electron chi connectivity index (χ4n) is 3.71. The summed E-state index contributed by atoms with van der Waals surface area (Å²) in [4.78, 5) is 31.6. The number of halogens is 1. The Balaban J connectivity index is 1.99.